The summed E-state index contributed by atoms with van der Waals surface area (Å²) in [7, 11) is 0. The Morgan fingerprint density at radius 3 is 1.12 bits per heavy atom. The quantitative estimate of drug-likeness (QED) is 0.203. The van der Waals surface area contributed by atoms with Crippen molar-refractivity contribution in [2.24, 2.45) is 51.6 Å². The van der Waals surface area contributed by atoms with Gasteiger partial charge in [0.2, 0.25) is 0 Å². The van der Waals surface area contributed by atoms with Crippen LogP contribution in [0, 0.1) is 0 Å². The first-order chi connectivity index (χ1) is 11.6. The van der Waals surface area contributed by atoms with Gasteiger partial charge in [0.25, 0.3) is 0 Å². The van der Waals surface area contributed by atoms with Crippen LogP contribution >= 0.6 is 0 Å². The number of benzene rings is 1. The number of phenols is 1. The van der Waals surface area contributed by atoms with Crippen LogP contribution in [-0.2, 0) is 16.6 Å². The predicted molar refractivity (Wildman–Crippen MR) is 100 cm³/mol. The second-order valence-corrected chi connectivity index (χ2v) is 6.61. The Morgan fingerprint density at radius 2 is 0.880 bits per heavy atom. The Kier molecular flexibility index (Phi) is 6.87. The molecule has 0 saturated heterocycles. The number of hydrogen-bond acceptors (Lipinski definition) is 10. The lowest BCUT2D eigenvalue weighted by atomic mass is 9.78. The summed E-state index contributed by atoms with van der Waals surface area (Å²) < 4.78 is 0. The number of aromatic hydroxyl groups is 1. The third-order valence-corrected chi connectivity index (χ3v) is 4.94. The van der Waals surface area contributed by atoms with Crippen molar-refractivity contribution in [3.8, 4) is 5.75 Å². The lowest BCUT2D eigenvalue weighted by Gasteiger charge is -2.36. The van der Waals surface area contributed by atoms with E-state index in [1.807, 2.05) is 0 Å². The maximum Gasteiger partial charge on any atom is 0.125 e. The van der Waals surface area contributed by atoms with Crippen molar-refractivity contribution in [2.45, 2.75) is 16.6 Å². The maximum atomic E-state index is 10.8. The third kappa shape index (κ3) is 3.77. The molecule has 19 N–H and O–H groups in total. The fourth-order valence-corrected chi connectivity index (χ4v) is 2.61. The zero-order chi connectivity index (χ0) is 19.5. The molecule has 10 nitrogen and oxygen atoms in total. The molecule has 25 heavy (non-hydrogen) atoms. The van der Waals surface area contributed by atoms with Crippen LogP contribution in [0.3, 0.4) is 0 Å². The first-order valence-corrected chi connectivity index (χ1v) is 8.07. The van der Waals surface area contributed by atoms with Crippen molar-refractivity contribution in [2.75, 3.05) is 39.3 Å². The topological polar surface area (TPSA) is 254 Å². The largest absolute Gasteiger partial charge is 0.507 e. The summed E-state index contributed by atoms with van der Waals surface area (Å²) in [5, 5.41) is 10.8. The highest BCUT2D eigenvalue weighted by atomic mass is 16.3. The minimum atomic E-state index is -1.19. The molecule has 0 fully saturated rings. The molecule has 0 aliphatic heterocycles. The van der Waals surface area contributed by atoms with Gasteiger partial charge in [-0.25, -0.2) is 0 Å². The molecule has 0 aliphatic rings. The molecule has 0 aliphatic carbocycles. The van der Waals surface area contributed by atoms with E-state index in [0.29, 0.717) is 16.7 Å². The fraction of sp³-hybridized carbons (Fsp3) is 0.600. The maximum absolute atomic E-state index is 10.8. The molecule has 1 aromatic rings. The van der Waals surface area contributed by atoms with E-state index in [4.69, 9.17) is 51.6 Å². The summed E-state index contributed by atoms with van der Waals surface area (Å²) in [6, 6.07) is 3.23. The average molecular weight is 355 g/mol. The molecule has 0 atom stereocenters. The van der Waals surface area contributed by atoms with Crippen molar-refractivity contribution >= 4 is 0 Å². The number of phenolic OH excluding ortho intramolecular Hbond substituents is 1. The lowest BCUT2D eigenvalue weighted by Crippen LogP contribution is -2.54. The summed E-state index contributed by atoms with van der Waals surface area (Å²) in [6.45, 7) is 0.103. The van der Waals surface area contributed by atoms with E-state index in [1.165, 1.54) is 0 Å². The van der Waals surface area contributed by atoms with Crippen molar-refractivity contribution < 1.29 is 5.11 Å². The third-order valence-electron chi connectivity index (χ3n) is 4.94. The van der Waals surface area contributed by atoms with Crippen LogP contribution < -0.4 is 51.6 Å². The predicted octanol–water partition coefficient (Wildman–Crippen LogP) is -4.39. The minimum Gasteiger partial charge on any atom is -0.507 e. The van der Waals surface area contributed by atoms with Gasteiger partial charge >= 0.3 is 0 Å². The SMILES string of the molecule is NCC(N)(CN)c1cc(C(N)(CN)CN)c(O)c(C(N)(CN)CN)c1. The van der Waals surface area contributed by atoms with Gasteiger partial charge in [0.05, 0.1) is 16.6 Å². The van der Waals surface area contributed by atoms with Gasteiger partial charge < -0.3 is 56.7 Å². The van der Waals surface area contributed by atoms with Gasteiger partial charge in [0.15, 0.2) is 0 Å². The zero-order valence-electron chi connectivity index (χ0n) is 14.5. The monoisotopic (exact) mass is 355 g/mol. The van der Waals surface area contributed by atoms with Crippen molar-refractivity contribution in [3.63, 3.8) is 0 Å². The van der Waals surface area contributed by atoms with Crippen LogP contribution in [0.2, 0.25) is 0 Å². The van der Waals surface area contributed by atoms with E-state index < -0.39 is 16.6 Å². The Balaban J connectivity index is 3.86. The highest BCUT2D eigenvalue weighted by Gasteiger charge is 2.37. The van der Waals surface area contributed by atoms with Gasteiger partial charge in [-0.3, -0.25) is 0 Å². The van der Waals surface area contributed by atoms with E-state index in [2.05, 4.69) is 0 Å². The molecular weight excluding hydrogens is 322 g/mol. The Morgan fingerprint density at radius 1 is 0.600 bits per heavy atom. The molecule has 0 amide bonds. The minimum absolute atomic E-state index is 0.00834. The molecule has 144 valence electrons. The van der Waals surface area contributed by atoms with Gasteiger partial charge in [-0.2, -0.15) is 0 Å². The molecular formula is C15H33N9O. The first-order valence-electron chi connectivity index (χ1n) is 8.07. The molecule has 0 heterocycles. The molecule has 0 bridgehead atoms. The summed E-state index contributed by atoms with van der Waals surface area (Å²) in [6.07, 6.45) is 0. The van der Waals surface area contributed by atoms with E-state index in [1.54, 1.807) is 12.1 Å². The Bertz CT molecular complexity index is 541. The normalized spacial score (nSPS) is 13.3. The standard InChI is InChI=1S/C15H33N9O/c16-3-13(22,4-17)9-1-10(14(23,5-18)6-19)12(25)11(2-9)15(24,7-20)8-21/h1-2,25H,3-8,16-24H2. The molecule has 0 saturated carbocycles. The second-order valence-electron chi connectivity index (χ2n) is 6.61. The molecule has 1 aromatic carbocycles. The second kappa shape index (κ2) is 7.91. The van der Waals surface area contributed by atoms with Gasteiger partial charge in [-0.1, -0.05) is 0 Å². The smallest absolute Gasteiger partial charge is 0.125 e. The summed E-state index contributed by atoms with van der Waals surface area (Å²) in [5.74, 6) is -0.156. The number of hydrogen-bond donors (Lipinski definition) is 10. The van der Waals surface area contributed by atoms with E-state index in [9.17, 15) is 5.11 Å². The summed E-state index contributed by atoms with van der Waals surface area (Å²) in [5.41, 5.74) is 51.4. The van der Waals surface area contributed by atoms with Crippen LogP contribution in [0.4, 0.5) is 0 Å². The number of nitrogens with two attached hydrogens (primary N) is 9. The molecule has 1 rings (SSSR count). The van der Waals surface area contributed by atoms with E-state index in [-0.39, 0.29) is 45.0 Å². The summed E-state index contributed by atoms with van der Waals surface area (Å²) in [4.78, 5) is 0. The molecule has 10 heteroatoms. The van der Waals surface area contributed by atoms with E-state index in [0.717, 1.165) is 0 Å². The Labute approximate surface area is 148 Å². The zero-order valence-corrected chi connectivity index (χ0v) is 14.5. The van der Waals surface area contributed by atoms with Crippen molar-refractivity contribution in [3.05, 3.63) is 28.8 Å². The van der Waals surface area contributed by atoms with Crippen LogP contribution in [0.25, 0.3) is 0 Å². The number of rotatable bonds is 9. The van der Waals surface area contributed by atoms with Crippen LogP contribution in [0.1, 0.15) is 16.7 Å². The van der Waals surface area contributed by atoms with Gasteiger partial charge in [0, 0.05) is 50.4 Å². The molecule has 0 radical (unpaired) electrons. The van der Waals surface area contributed by atoms with Gasteiger partial charge in [-0.15, -0.1) is 0 Å². The highest BCUT2D eigenvalue weighted by molar-refractivity contribution is 5.52. The van der Waals surface area contributed by atoms with Crippen LogP contribution in [0.5, 0.6) is 5.75 Å². The fourth-order valence-electron chi connectivity index (χ4n) is 2.61. The highest BCUT2D eigenvalue weighted by Crippen LogP contribution is 2.37. The van der Waals surface area contributed by atoms with Gasteiger partial charge in [-0.05, 0) is 17.7 Å². The first kappa shape index (κ1) is 21.7. The van der Waals surface area contributed by atoms with E-state index >= 15 is 0 Å². The van der Waals surface area contributed by atoms with Crippen molar-refractivity contribution in [1.82, 2.24) is 0 Å². The van der Waals surface area contributed by atoms with Crippen LogP contribution in [0.15, 0.2) is 12.1 Å². The molecule has 0 spiro atoms. The van der Waals surface area contributed by atoms with Crippen molar-refractivity contribution in [1.29, 1.82) is 0 Å². The Hall–Kier alpha value is -1.34. The van der Waals surface area contributed by atoms with Gasteiger partial charge in [0.1, 0.15) is 5.75 Å². The molecule has 0 aromatic heterocycles. The average Bonchev–Trinajstić information content (AvgIpc) is 2.66. The lowest BCUT2D eigenvalue weighted by molar-refractivity contribution is 0.380. The molecule has 0 unspecified atom stereocenters. The summed E-state index contributed by atoms with van der Waals surface area (Å²) >= 11 is 0. The van der Waals surface area contributed by atoms with Crippen LogP contribution in [-0.4, -0.2) is 44.4 Å².